The van der Waals surface area contributed by atoms with E-state index in [0.717, 1.165) is 70.8 Å². The highest BCUT2D eigenvalue weighted by atomic mass is 16.6. The van der Waals surface area contributed by atoms with Crippen LogP contribution in [-0.2, 0) is 9.63 Å². The summed E-state index contributed by atoms with van der Waals surface area (Å²) in [6.07, 6.45) is 12.0. The molecular weight excluding hydrogens is 388 g/mol. The fraction of sp³-hybridized carbons (Fsp3) is 0.923. The Labute approximate surface area is 190 Å². The fourth-order valence-electron chi connectivity index (χ4n) is 7.17. The number of oxime groups is 1. The number of ketones is 1. The molecule has 0 unspecified atom stereocenters. The molecule has 3 fully saturated rings. The van der Waals surface area contributed by atoms with E-state index >= 15 is 0 Å². The van der Waals surface area contributed by atoms with Crippen LogP contribution in [0.4, 0.5) is 0 Å². The molecule has 1 N–H and O–H groups in total. The topological polar surface area (TPSA) is 62.1 Å². The lowest BCUT2D eigenvalue weighted by Gasteiger charge is -2.58. The molecule has 3 saturated carbocycles. The Hall–Kier alpha value is -0.940. The first-order valence-electron chi connectivity index (χ1n) is 12.7. The largest absolute Gasteiger partial charge is 0.395 e. The maximum Gasteiger partial charge on any atom is 0.142 e. The minimum absolute atomic E-state index is 0.132. The van der Waals surface area contributed by atoms with E-state index in [4.69, 9.17) is 4.84 Å². The number of nitrogens with zero attached hydrogens (tertiary/aromatic N) is 2. The number of hydrogen-bond donors (Lipinski definition) is 1. The molecule has 5 heteroatoms. The minimum Gasteiger partial charge on any atom is -0.395 e. The standard InChI is InChI=1S/C26H46N2O3/c1-6-7-19(12-15-27-31-17-16-28(4)5)26(3)14-11-23-22(24(26)30)9-8-20-18-21(29)10-13-25(20,23)2/h15,19-23,29H,6-14,16-18H2,1-5H3/b27-15+/t19-,20+,21-,22+,23-,25-,26+/m0/s1. The highest BCUT2D eigenvalue weighted by Crippen LogP contribution is 2.61. The van der Waals surface area contributed by atoms with Crippen molar-refractivity contribution in [1.29, 1.82) is 0 Å². The molecule has 0 aliphatic heterocycles. The summed E-state index contributed by atoms with van der Waals surface area (Å²) in [6.45, 7) is 8.34. The van der Waals surface area contributed by atoms with Crippen LogP contribution in [-0.4, -0.2) is 55.4 Å². The maximum atomic E-state index is 14.0. The third-order valence-corrected chi connectivity index (χ3v) is 9.25. The van der Waals surface area contributed by atoms with E-state index in [1.165, 1.54) is 0 Å². The van der Waals surface area contributed by atoms with Gasteiger partial charge in [0.05, 0.1) is 6.10 Å². The van der Waals surface area contributed by atoms with Gasteiger partial charge in [0, 0.05) is 24.1 Å². The lowest BCUT2D eigenvalue weighted by molar-refractivity contribution is -0.157. The average molecular weight is 435 g/mol. The van der Waals surface area contributed by atoms with Crippen LogP contribution in [0.3, 0.4) is 0 Å². The average Bonchev–Trinajstić information content (AvgIpc) is 2.72. The summed E-state index contributed by atoms with van der Waals surface area (Å²) in [5.41, 5.74) is -0.00859. The van der Waals surface area contributed by atoms with Gasteiger partial charge in [-0.25, -0.2) is 0 Å². The van der Waals surface area contributed by atoms with Crippen molar-refractivity contribution in [1.82, 2.24) is 4.90 Å². The smallest absolute Gasteiger partial charge is 0.142 e. The van der Waals surface area contributed by atoms with Crippen molar-refractivity contribution in [2.24, 2.45) is 39.7 Å². The molecule has 178 valence electrons. The normalized spacial score (nSPS) is 39.4. The van der Waals surface area contributed by atoms with Crippen LogP contribution in [0.25, 0.3) is 0 Å². The number of aliphatic hydroxyl groups excluding tert-OH is 1. The number of hydrogen-bond acceptors (Lipinski definition) is 5. The van der Waals surface area contributed by atoms with Crippen molar-refractivity contribution in [3.8, 4) is 0 Å². The van der Waals surface area contributed by atoms with Crippen LogP contribution in [0.1, 0.15) is 85.0 Å². The van der Waals surface area contributed by atoms with Gasteiger partial charge in [-0.15, -0.1) is 0 Å². The van der Waals surface area contributed by atoms with Crippen molar-refractivity contribution in [3.05, 3.63) is 0 Å². The van der Waals surface area contributed by atoms with Gasteiger partial charge in [0.2, 0.25) is 0 Å². The van der Waals surface area contributed by atoms with Crippen molar-refractivity contribution in [2.45, 2.75) is 91.1 Å². The first-order chi connectivity index (χ1) is 14.7. The second kappa shape index (κ2) is 10.3. The third kappa shape index (κ3) is 5.19. The molecule has 0 aromatic rings. The highest BCUT2D eigenvalue weighted by molar-refractivity contribution is 5.88. The zero-order valence-electron chi connectivity index (χ0n) is 20.6. The molecule has 0 aromatic carbocycles. The van der Waals surface area contributed by atoms with Gasteiger partial charge in [-0.1, -0.05) is 32.3 Å². The summed E-state index contributed by atoms with van der Waals surface area (Å²) in [6, 6.07) is 0. The van der Waals surface area contributed by atoms with Crippen molar-refractivity contribution >= 4 is 12.0 Å². The summed E-state index contributed by atoms with van der Waals surface area (Å²) in [5, 5.41) is 14.4. The van der Waals surface area contributed by atoms with Crippen molar-refractivity contribution in [2.75, 3.05) is 27.2 Å². The molecule has 0 aromatic heterocycles. The number of Topliss-reactive ketones (excluding diaryl/α,β-unsaturated/α-hetero) is 1. The van der Waals surface area contributed by atoms with Gasteiger partial charge in [0.25, 0.3) is 0 Å². The molecule has 3 aliphatic rings. The zero-order valence-corrected chi connectivity index (χ0v) is 20.6. The quantitative estimate of drug-likeness (QED) is 0.318. The van der Waals surface area contributed by atoms with E-state index in [0.29, 0.717) is 30.1 Å². The van der Waals surface area contributed by atoms with Gasteiger partial charge >= 0.3 is 0 Å². The number of rotatable bonds is 9. The molecule has 0 radical (unpaired) electrons. The Kier molecular flexibility index (Phi) is 8.23. The first kappa shape index (κ1) is 24.7. The number of aliphatic hydroxyl groups is 1. The lowest BCUT2D eigenvalue weighted by atomic mass is 9.45. The van der Waals surface area contributed by atoms with Crippen LogP contribution in [0.5, 0.6) is 0 Å². The van der Waals surface area contributed by atoms with E-state index < -0.39 is 0 Å². The van der Waals surface area contributed by atoms with Gasteiger partial charge in [-0.2, -0.15) is 0 Å². The Balaban J connectivity index is 1.67. The Morgan fingerprint density at radius 2 is 2.00 bits per heavy atom. The molecule has 31 heavy (non-hydrogen) atoms. The van der Waals surface area contributed by atoms with Gasteiger partial charge in [0.15, 0.2) is 0 Å². The van der Waals surface area contributed by atoms with Crippen LogP contribution >= 0.6 is 0 Å². The van der Waals surface area contributed by atoms with Crippen molar-refractivity contribution < 1.29 is 14.7 Å². The Bertz CT molecular complexity index is 636. The second-order valence-electron chi connectivity index (χ2n) is 11.4. The molecular formula is C26H46N2O3. The minimum atomic E-state index is -0.246. The molecule has 0 spiro atoms. The molecule has 3 rings (SSSR count). The fourth-order valence-corrected chi connectivity index (χ4v) is 7.17. The predicted octanol–water partition coefficient (Wildman–Crippen LogP) is 4.92. The monoisotopic (exact) mass is 434 g/mol. The molecule has 3 aliphatic carbocycles. The number of fused-ring (bicyclic) bond motifs is 3. The Morgan fingerprint density at radius 3 is 2.71 bits per heavy atom. The summed E-state index contributed by atoms with van der Waals surface area (Å²) in [5.74, 6) is 2.17. The van der Waals surface area contributed by atoms with Crippen LogP contribution in [0, 0.1) is 34.5 Å². The SMILES string of the molecule is CCC[C@@H](C/C=N/OCCN(C)C)[C@@]1(C)CC[C@H]2[C@@H](CC[C@@H]3C[C@@H](O)CC[C@@]32C)C1=O. The highest BCUT2D eigenvalue weighted by Gasteiger charge is 2.57. The number of carbonyl (C=O) groups excluding carboxylic acids is 1. The lowest BCUT2D eigenvalue weighted by Crippen LogP contribution is -2.56. The van der Waals surface area contributed by atoms with Crippen molar-refractivity contribution in [3.63, 3.8) is 0 Å². The summed E-state index contributed by atoms with van der Waals surface area (Å²) in [4.78, 5) is 21.4. The van der Waals surface area contributed by atoms with Crippen LogP contribution in [0.15, 0.2) is 5.16 Å². The second-order valence-corrected chi connectivity index (χ2v) is 11.4. The molecule has 7 atom stereocenters. The molecule has 0 saturated heterocycles. The van der Waals surface area contributed by atoms with Gasteiger partial charge in [0.1, 0.15) is 12.4 Å². The summed E-state index contributed by atoms with van der Waals surface area (Å²) in [7, 11) is 4.05. The van der Waals surface area contributed by atoms with E-state index in [-0.39, 0.29) is 22.9 Å². The first-order valence-corrected chi connectivity index (χ1v) is 12.7. The molecule has 5 nitrogen and oxygen atoms in total. The zero-order chi connectivity index (χ0) is 22.6. The van der Waals surface area contributed by atoms with E-state index in [2.05, 4.69) is 30.8 Å². The molecule has 0 bridgehead atoms. The predicted molar refractivity (Wildman–Crippen MR) is 126 cm³/mol. The van der Waals surface area contributed by atoms with Gasteiger partial charge in [-0.05, 0) is 95.1 Å². The van der Waals surface area contributed by atoms with E-state index in [1.54, 1.807) is 0 Å². The maximum absolute atomic E-state index is 14.0. The molecule has 0 heterocycles. The van der Waals surface area contributed by atoms with Gasteiger partial charge < -0.3 is 14.8 Å². The summed E-state index contributed by atoms with van der Waals surface area (Å²) >= 11 is 0. The number of carbonyl (C=O) groups is 1. The third-order valence-electron chi connectivity index (χ3n) is 9.25. The Morgan fingerprint density at radius 1 is 1.23 bits per heavy atom. The summed E-state index contributed by atoms with van der Waals surface area (Å²) < 4.78 is 0. The molecule has 0 amide bonds. The van der Waals surface area contributed by atoms with Gasteiger partial charge in [-0.3, -0.25) is 4.79 Å². The van der Waals surface area contributed by atoms with Crippen LogP contribution in [0.2, 0.25) is 0 Å². The van der Waals surface area contributed by atoms with E-state index in [1.807, 2.05) is 20.3 Å². The number of likely N-dealkylation sites (N-methyl/N-ethyl adjacent to an activating group) is 1. The van der Waals surface area contributed by atoms with Crippen LogP contribution < -0.4 is 0 Å². The van der Waals surface area contributed by atoms with E-state index in [9.17, 15) is 9.90 Å².